The first-order valence-electron chi connectivity index (χ1n) is 6.52. The lowest BCUT2D eigenvalue weighted by Crippen LogP contribution is -2.03. The topological polar surface area (TPSA) is 64.9 Å². The highest BCUT2D eigenvalue weighted by Crippen LogP contribution is 2.34. The summed E-state index contributed by atoms with van der Waals surface area (Å²) in [6.45, 7) is 0. The predicted octanol–water partition coefficient (Wildman–Crippen LogP) is 5.31. The highest BCUT2D eigenvalue weighted by atomic mass is 35.5. The summed E-state index contributed by atoms with van der Waals surface area (Å²) < 4.78 is 42.8. The summed E-state index contributed by atoms with van der Waals surface area (Å²) in [7, 11) is 0. The zero-order chi connectivity index (χ0) is 17.5. The Bertz CT molecular complexity index is 869. The van der Waals surface area contributed by atoms with Gasteiger partial charge in [-0.2, -0.15) is 18.2 Å². The molecular weight excluding hydrogens is 366 g/mol. The molecule has 4 nitrogen and oxygen atoms in total. The minimum atomic E-state index is -4.41. The van der Waals surface area contributed by atoms with E-state index in [2.05, 4.69) is 10.1 Å². The van der Waals surface area contributed by atoms with Crippen molar-refractivity contribution in [2.75, 3.05) is 5.73 Å². The van der Waals surface area contributed by atoms with Gasteiger partial charge in [0.1, 0.15) is 0 Å². The molecule has 2 N–H and O–H groups in total. The van der Waals surface area contributed by atoms with Gasteiger partial charge in [0.25, 0.3) is 5.89 Å². The maximum absolute atomic E-state index is 12.6. The highest BCUT2D eigenvalue weighted by Gasteiger charge is 2.30. The van der Waals surface area contributed by atoms with Crippen molar-refractivity contribution in [2.45, 2.75) is 6.18 Å². The molecule has 3 aromatic rings. The molecule has 0 fully saturated rings. The second kappa shape index (κ2) is 5.99. The van der Waals surface area contributed by atoms with Crippen LogP contribution >= 0.6 is 23.2 Å². The summed E-state index contributed by atoms with van der Waals surface area (Å²) in [6.07, 6.45) is -4.41. The molecule has 0 aliphatic heterocycles. The molecule has 1 aromatic heterocycles. The normalized spacial score (nSPS) is 11.7. The molecule has 0 unspecified atom stereocenters. The van der Waals surface area contributed by atoms with Crippen LogP contribution in [0.25, 0.3) is 22.8 Å². The van der Waals surface area contributed by atoms with E-state index in [1.54, 1.807) is 0 Å². The Balaban J connectivity index is 1.94. The van der Waals surface area contributed by atoms with Crippen molar-refractivity contribution in [3.05, 3.63) is 52.0 Å². The van der Waals surface area contributed by atoms with Gasteiger partial charge in [-0.15, -0.1) is 0 Å². The van der Waals surface area contributed by atoms with Crippen LogP contribution < -0.4 is 5.73 Å². The summed E-state index contributed by atoms with van der Waals surface area (Å²) in [5, 5.41) is 4.25. The Morgan fingerprint density at radius 2 is 1.54 bits per heavy atom. The molecule has 9 heteroatoms. The largest absolute Gasteiger partial charge is 0.416 e. The summed E-state index contributed by atoms with van der Waals surface area (Å²) in [5.41, 5.74) is 5.95. The quantitative estimate of drug-likeness (QED) is 0.618. The van der Waals surface area contributed by atoms with Gasteiger partial charge < -0.3 is 10.3 Å². The molecule has 0 saturated carbocycles. The van der Waals surface area contributed by atoms with Crippen molar-refractivity contribution in [3.63, 3.8) is 0 Å². The molecule has 3 rings (SSSR count). The smallest absolute Gasteiger partial charge is 0.396 e. The Labute approximate surface area is 144 Å². The number of anilines is 1. The molecule has 0 amide bonds. The van der Waals surface area contributed by atoms with Gasteiger partial charge in [0.15, 0.2) is 0 Å². The van der Waals surface area contributed by atoms with Gasteiger partial charge in [-0.25, -0.2) is 0 Å². The molecular formula is C15H8Cl2F3N3O. The molecule has 2 aromatic carbocycles. The van der Waals surface area contributed by atoms with Crippen LogP contribution in [-0.2, 0) is 6.18 Å². The SMILES string of the molecule is Nc1c(Cl)cc(-c2noc(-c3ccc(C(F)(F)F)cc3)n2)cc1Cl. The number of nitrogen functional groups attached to an aromatic ring is 1. The number of aromatic nitrogens is 2. The first kappa shape index (κ1) is 16.6. The maximum Gasteiger partial charge on any atom is 0.416 e. The van der Waals surface area contributed by atoms with E-state index in [1.807, 2.05) is 0 Å². The summed E-state index contributed by atoms with van der Waals surface area (Å²) >= 11 is 11.9. The molecule has 24 heavy (non-hydrogen) atoms. The maximum atomic E-state index is 12.6. The lowest BCUT2D eigenvalue weighted by atomic mass is 10.1. The number of nitrogens with two attached hydrogens (primary N) is 1. The van der Waals surface area contributed by atoms with E-state index < -0.39 is 11.7 Å². The molecule has 0 saturated heterocycles. The van der Waals surface area contributed by atoms with Crippen molar-refractivity contribution in [1.82, 2.24) is 10.1 Å². The van der Waals surface area contributed by atoms with Crippen molar-refractivity contribution in [2.24, 2.45) is 0 Å². The van der Waals surface area contributed by atoms with Crippen molar-refractivity contribution in [1.29, 1.82) is 0 Å². The standard InChI is InChI=1S/C15H8Cl2F3N3O/c16-10-5-8(6-11(17)12(10)21)13-22-14(24-23-13)7-1-3-9(4-2-7)15(18,19)20/h1-6H,21H2. The molecule has 0 bridgehead atoms. The van der Waals surface area contributed by atoms with Gasteiger partial charge in [-0.1, -0.05) is 28.4 Å². The van der Waals surface area contributed by atoms with Gasteiger partial charge in [0.2, 0.25) is 5.82 Å². The molecule has 0 aliphatic rings. The van der Waals surface area contributed by atoms with Gasteiger partial charge in [0, 0.05) is 11.1 Å². The van der Waals surface area contributed by atoms with Gasteiger partial charge in [-0.3, -0.25) is 0 Å². The summed E-state index contributed by atoms with van der Waals surface area (Å²) in [6, 6.07) is 7.42. The van der Waals surface area contributed by atoms with Crippen LogP contribution in [0.4, 0.5) is 18.9 Å². The van der Waals surface area contributed by atoms with Crippen LogP contribution in [0.3, 0.4) is 0 Å². The Morgan fingerprint density at radius 3 is 2.08 bits per heavy atom. The van der Waals surface area contributed by atoms with Crippen LogP contribution in [-0.4, -0.2) is 10.1 Å². The van der Waals surface area contributed by atoms with Gasteiger partial charge >= 0.3 is 6.18 Å². The van der Waals surface area contributed by atoms with Crippen molar-refractivity contribution >= 4 is 28.9 Å². The van der Waals surface area contributed by atoms with Crippen molar-refractivity contribution in [3.8, 4) is 22.8 Å². The minimum absolute atomic E-state index is 0.0720. The van der Waals surface area contributed by atoms with Gasteiger partial charge in [-0.05, 0) is 36.4 Å². The third-order valence-corrected chi connectivity index (χ3v) is 3.85. The summed E-state index contributed by atoms with van der Waals surface area (Å²) in [5.74, 6) is 0.261. The molecule has 0 aliphatic carbocycles. The van der Waals surface area contributed by atoms with Gasteiger partial charge in [0.05, 0.1) is 21.3 Å². The zero-order valence-corrected chi connectivity index (χ0v) is 13.2. The number of alkyl halides is 3. The number of hydrogen-bond acceptors (Lipinski definition) is 4. The number of halogens is 5. The lowest BCUT2D eigenvalue weighted by Gasteiger charge is -2.05. The number of hydrogen-bond donors (Lipinski definition) is 1. The fraction of sp³-hybridized carbons (Fsp3) is 0.0667. The minimum Gasteiger partial charge on any atom is -0.396 e. The van der Waals surface area contributed by atoms with Crippen LogP contribution in [0.1, 0.15) is 5.56 Å². The average Bonchev–Trinajstić information content (AvgIpc) is 3.01. The molecule has 0 atom stereocenters. The Kier molecular flexibility index (Phi) is 4.15. The Morgan fingerprint density at radius 1 is 0.958 bits per heavy atom. The molecule has 0 spiro atoms. The van der Waals surface area contributed by atoms with E-state index in [1.165, 1.54) is 24.3 Å². The van der Waals surface area contributed by atoms with Crippen LogP contribution in [0.5, 0.6) is 0 Å². The third-order valence-electron chi connectivity index (χ3n) is 3.22. The van der Waals surface area contributed by atoms with E-state index in [4.69, 9.17) is 33.5 Å². The monoisotopic (exact) mass is 373 g/mol. The number of benzene rings is 2. The van der Waals surface area contributed by atoms with Crippen LogP contribution in [0.15, 0.2) is 40.9 Å². The van der Waals surface area contributed by atoms with E-state index in [9.17, 15) is 13.2 Å². The third kappa shape index (κ3) is 3.18. The van der Waals surface area contributed by atoms with E-state index in [-0.39, 0.29) is 27.4 Å². The first-order chi connectivity index (χ1) is 11.3. The van der Waals surface area contributed by atoms with E-state index in [0.717, 1.165) is 12.1 Å². The lowest BCUT2D eigenvalue weighted by molar-refractivity contribution is -0.137. The molecule has 1 heterocycles. The van der Waals surface area contributed by atoms with E-state index in [0.29, 0.717) is 11.1 Å². The Hall–Kier alpha value is -2.25. The predicted molar refractivity (Wildman–Crippen MR) is 84.6 cm³/mol. The molecule has 0 radical (unpaired) electrons. The number of nitrogens with zero attached hydrogens (tertiary/aromatic N) is 2. The second-order valence-electron chi connectivity index (χ2n) is 4.85. The second-order valence-corrected chi connectivity index (χ2v) is 5.67. The fourth-order valence-corrected chi connectivity index (χ4v) is 2.46. The zero-order valence-electron chi connectivity index (χ0n) is 11.7. The van der Waals surface area contributed by atoms with Crippen LogP contribution in [0.2, 0.25) is 10.0 Å². The summed E-state index contributed by atoms with van der Waals surface area (Å²) in [4.78, 5) is 4.14. The molecule has 124 valence electrons. The number of rotatable bonds is 2. The van der Waals surface area contributed by atoms with Crippen LogP contribution in [0, 0.1) is 0 Å². The average molecular weight is 374 g/mol. The van der Waals surface area contributed by atoms with Crippen molar-refractivity contribution < 1.29 is 17.7 Å². The van der Waals surface area contributed by atoms with E-state index >= 15 is 0 Å². The first-order valence-corrected chi connectivity index (χ1v) is 7.27. The highest BCUT2D eigenvalue weighted by molar-refractivity contribution is 6.39. The fourth-order valence-electron chi connectivity index (χ4n) is 1.97.